The van der Waals surface area contributed by atoms with Crippen molar-refractivity contribution in [1.82, 2.24) is 0 Å². The average Bonchev–Trinajstić information content (AvgIpc) is 3.32. The monoisotopic (exact) mass is 444 g/mol. The molecule has 2 aromatic rings. The molecule has 0 aromatic heterocycles. The van der Waals surface area contributed by atoms with Crippen molar-refractivity contribution in [3.8, 4) is 5.75 Å². The van der Waals surface area contributed by atoms with Crippen molar-refractivity contribution >= 4 is 35.1 Å². The van der Waals surface area contributed by atoms with E-state index in [-0.39, 0.29) is 48.3 Å². The molecule has 5 rings (SSSR count). The summed E-state index contributed by atoms with van der Waals surface area (Å²) in [7, 11) is 0. The predicted octanol–water partition coefficient (Wildman–Crippen LogP) is 3.41. The second-order valence-corrected chi connectivity index (χ2v) is 8.83. The Bertz CT molecular complexity index is 1140. The van der Waals surface area contributed by atoms with E-state index in [1.165, 1.54) is 11.0 Å². The van der Waals surface area contributed by atoms with Gasteiger partial charge >= 0.3 is 5.97 Å². The fraction of sp³-hybridized carbons (Fsp3) is 0.308. The van der Waals surface area contributed by atoms with E-state index in [9.17, 15) is 19.2 Å². The number of anilines is 2. The molecule has 3 aliphatic rings. The summed E-state index contributed by atoms with van der Waals surface area (Å²) >= 11 is 0. The summed E-state index contributed by atoms with van der Waals surface area (Å²) in [4.78, 5) is 53.8. The quantitative estimate of drug-likeness (QED) is 0.312. The van der Waals surface area contributed by atoms with Gasteiger partial charge in [-0.3, -0.25) is 19.2 Å². The van der Waals surface area contributed by atoms with Crippen LogP contribution in [0.1, 0.15) is 24.8 Å². The molecule has 0 unspecified atom stereocenters. The van der Waals surface area contributed by atoms with E-state index in [0.29, 0.717) is 18.5 Å². The normalized spacial score (nSPS) is 24.4. The number of hydrogen-bond acceptors (Lipinski definition) is 5. The Morgan fingerprint density at radius 1 is 0.909 bits per heavy atom. The lowest BCUT2D eigenvalue weighted by Gasteiger charge is -2.17. The van der Waals surface area contributed by atoms with E-state index in [4.69, 9.17) is 4.74 Å². The zero-order valence-corrected chi connectivity index (χ0v) is 18.3. The van der Waals surface area contributed by atoms with Crippen LogP contribution in [0.2, 0.25) is 0 Å². The van der Waals surface area contributed by atoms with Crippen molar-refractivity contribution in [2.75, 3.05) is 16.3 Å². The van der Waals surface area contributed by atoms with E-state index in [1.807, 2.05) is 43.3 Å². The largest absolute Gasteiger partial charge is 0.426 e. The number of carbonyl (C=O) groups is 4. The standard InChI is InChI=1S/C26H24N2O5/c1-16-9-11-18(12-10-16)27-15-17(13-23(27)29)26(32)33-20-6-4-5-19(14-20)28-24(30)21-7-2-3-8-22(21)25(28)31/h2-6,9-12,14,17,21-22H,7-8,13,15H2,1H3/t17-,21+,22+/m1/s1. The molecular formula is C26H24N2O5. The maximum absolute atomic E-state index is 12.8. The second kappa shape index (κ2) is 8.31. The third kappa shape index (κ3) is 3.84. The van der Waals surface area contributed by atoms with Crippen molar-refractivity contribution in [2.24, 2.45) is 17.8 Å². The summed E-state index contributed by atoms with van der Waals surface area (Å²) in [6.07, 6.45) is 5.08. The molecule has 3 amide bonds. The van der Waals surface area contributed by atoms with Crippen LogP contribution in [0, 0.1) is 24.7 Å². The number of allylic oxidation sites excluding steroid dienone is 2. The van der Waals surface area contributed by atoms with Gasteiger partial charge in [0.2, 0.25) is 17.7 Å². The maximum atomic E-state index is 12.8. The minimum atomic E-state index is -0.591. The lowest BCUT2D eigenvalue weighted by Crippen LogP contribution is -2.31. The molecule has 1 aliphatic carbocycles. The summed E-state index contributed by atoms with van der Waals surface area (Å²) in [5.74, 6) is -2.07. The van der Waals surface area contributed by atoms with Crippen molar-refractivity contribution in [1.29, 1.82) is 0 Å². The molecule has 2 saturated heterocycles. The van der Waals surface area contributed by atoms with Crippen molar-refractivity contribution in [3.05, 3.63) is 66.2 Å². The molecule has 0 spiro atoms. The summed E-state index contributed by atoms with van der Waals surface area (Å²) in [6, 6.07) is 14.0. The van der Waals surface area contributed by atoms with Crippen LogP contribution in [0.5, 0.6) is 5.75 Å². The number of ether oxygens (including phenoxy) is 1. The predicted molar refractivity (Wildman–Crippen MR) is 122 cm³/mol. The summed E-state index contributed by atoms with van der Waals surface area (Å²) in [5.41, 5.74) is 2.24. The molecular weight excluding hydrogens is 420 g/mol. The lowest BCUT2D eigenvalue weighted by molar-refractivity contribution is -0.139. The SMILES string of the molecule is Cc1ccc(N2C[C@H](C(=O)Oc3cccc(N4C(=O)[C@H]5CC=CC[C@@H]5C4=O)c3)CC2=O)cc1. The highest BCUT2D eigenvalue weighted by molar-refractivity contribution is 6.22. The van der Waals surface area contributed by atoms with Gasteiger partial charge in [-0.2, -0.15) is 0 Å². The smallest absolute Gasteiger partial charge is 0.316 e. The molecule has 2 heterocycles. The molecule has 2 fully saturated rings. The van der Waals surface area contributed by atoms with Gasteiger partial charge in [0.1, 0.15) is 5.75 Å². The molecule has 0 bridgehead atoms. The number of rotatable bonds is 4. The van der Waals surface area contributed by atoms with Crippen molar-refractivity contribution in [3.63, 3.8) is 0 Å². The number of benzene rings is 2. The van der Waals surface area contributed by atoms with Crippen LogP contribution in [-0.2, 0) is 19.2 Å². The van der Waals surface area contributed by atoms with Gasteiger partial charge in [-0.05, 0) is 44.0 Å². The fourth-order valence-corrected chi connectivity index (χ4v) is 4.78. The number of carbonyl (C=O) groups excluding carboxylic acids is 4. The number of imide groups is 1. The first-order chi connectivity index (χ1) is 15.9. The highest BCUT2D eigenvalue weighted by atomic mass is 16.5. The highest BCUT2D eigenvalue weighted by Crippen LogP contribution is 2.38. The average molecular weight is 444 g/mol. The van der Waals surface area contributed by atoms with Crippen LogP contribution in [0.25, 0.3) is 0 Å². The maximum Gasteiger partial charge on any atom is 0.316 e. The van der Waals surface area contributed by atoms with Gasteiger partial charge in [0.05, 0.1) is 23.4 Å². The molecule has 0 radical (unpaired) electrons. The van der Waals surface area contributed by atoms with Crippen LogP contribution in [0.3, 0.4) is 0 Å². The molecule has 168 valence electrons. The van der Waals surface area contributed by atoms with Gasteiger partial charge in [0, 0.05) is 24.7 Å². The van der Waals surface area contributed by atoms with Crippen LogP contribution in [-0.4, -0.2) is 30.2 Å². The molecule has 2 aromatic carbocycles. The number of aryl methyl sites for hydroxylation is 1. The first kappa shape index (κ1) is 21.1. The van der Waals surface area contributed by atoms with E-state index in [0.717, 1.165) is 11.3 Å². The lowest BCUT2D eigenvalue weighted by atomic mass is 9.85. The number of esters is 1. The number of fused-ring (bicyclic) bond motifs is 1. The zero-order valence-electron chi connectivity index (χ0n) is 18.3. The fourth-order valence-electron chi connectivity index (χ4n) is 4.78. The van der Waals surface area contributed by atoms with Gasteiger partial charge in [-0.15, -0.1) is 0 Å². The first-order valence-electron chi connectivity index (χ1n) is 11.1. The molecule has 3 atom stereocenters. The number of hydrogen-bond donors (Lipinski definition) is 0. The summed E-state index contributed by atoms with van der Waals surface area (Å²) < 4.78 is 5.56. The van der Waals surface area contributed by atoms with E-state index in [1.54, 1.807) is 23.1 Å². The molecule has 2 aliphatic heterocycles. The van der Waals surface area contributed by atoms with E-state index < -0.39 is 11.9 Å². The van der Waals surface area contributed by atoms with Crippen molar-refractivity contribution < 1.29 is 23.9 Å². The van der Waals surface area contributed by atoms with Crippen LogP contribution >= 0.6 is 0 Å². The first-order valence-corrected chi connectivity index (χ1v) is 11.1. The van der Waals surface area contributed by atoms with Crippen LogP contribution < -0.4 is 14.5 Å². The van der Waals surface area contributed by atoms with Gasteiger partial charge < -0.3 is 9.64 Å². The minimum absolute atomic E-state index is 0.0753. The van der Waals surface area contributed by atoms with E-state index in [2.05, 4.69) is 0 Å². The molecule has 7 heteroatoms. The van der Waals surface area contributed by atoms with Crippen LogP contribution in [0.15, 0.2) is 60.7 Å². The Morgan fingerprint density at radius 3 is 2.24 bits per heavy atom. The van der Waals surface area contributed by atoms with Gasteiger partial charge in [0.15, 0.2) is 0 Å². The minimum Gasteiger partial charge on any atom is -0.426 e. The topological polar surface area (TPSA) is 84.0 Å². The van der Waals surface area contributed by atoms with Crippen molar-refractivity contribution in [2.45, 2.75) is 26.2 Å². The Hall–Kier alpha value is -3.74. The zero-order chi connectivity index (χ0) is 23.1. The molecule has 0 N–H and O–H groups in total. The summed E-state index contributed by atoms with van der Waals surface area (Å²) in [6.45, 7) is 2.22. The Balaban J connectivity index is 1.29. The highest BCUT2D eigenvalue weighted by Gasteiger charge is 2.48. The van der Waals surface area contributed by atoms with Gasteiger partial charge in [-0.25, -0.2) is 4.90 Å². The third-order valence-electron chi connectivity index (χ3n) is 6.61. The number of amides is 3. The molecule has 0 saturated carbocycles. The van der Waals surface area contributed by atoms with Crippen LogP contribution in [0.4, 0.5) is 11.4 Å². The Labute approximate surface area is 191 Å². The second-order valence-electron chi connectivity index (χ2n) is 8.83. The molecule has 33 heavy (non-hydrogen) atoms. The Kier molecular flexibility index (Phi) is 5.32. The third-order valence-corrected chi connectivity index (χ3v) is 6.61. The Morgan fingerprint density at radius 2 is 1.58 bits per heavy atom. The molecule has 7 nitrogen and oxygen atoms in total. The summed E-state index contributed by atoms with van der Waals surface area (Å²) in [5, 5.41) is 0. The van der Waals surface area contributed by atoms with Gasteiger partial charge in [0.25, 0.3) is 0 Å². The van der Waals surface area contributed by atoms with E-state index >= 15 is 0 Å². The van der Waals surface area contributed by atoms with Gasteiger partial charge in [-0.1, -0.05) is 35.9 Å². The number of nitrogens with zero attached hydrogens (tertiary/aromatic N) is 2.